The van der Waals surface area contributed by atoms with E-state index in [-0.39, 0.29) is 0 Å². The third-order valence-corrected chi connectivity index (χ3v) is 3.82. The maximum absolute atomic E-state index is 10.6. The van der Waals surface area contributed by atoms with Gasteiger partial charge in [0.05, 0.1) is 0 Å². The molecule has 0 radical (unpaired) electrons. The van der Waals surface area contributed by atoms with Gasteiger partial charge in [-0.3, -0.25) is 4.79 Å². The van der Waals surface area contributed by atoms with Crippen LogP contribution in [-0.2, 0) is 0 Å². The van der Waals surface area contributed by atoms with Crippen LogP contribution in [0.2, 0.25) is 0 Å². The van der Waals surface area contributed by atoms with E-state index in [1.165, 1.54) is 28.0 Å². The molecular weight excluding hydrogens is 218 g/mol. The van der Waals surface area contributed by atoms with Gasteiger partial charge in [0.25, 0.3) is 0 Å². The van der Waals surface area contributed by atoms with Gasteiger partial charge in [-0.15, -0.1) is 11.3 Å². The molecule has 0 amide bonds. The number of thiazole rings is 1. The lowest BCUT2D eigenvalue weighted by Crippen LogP contribution is -1.90. The average Bonchev–Trinajstić information content (AvgIpc) is 2.74. The summed E-state index contributed by atoms with van der Waals surface area (Å²) in [5.41, 5.74) is 5.46. The Bertz CT molecular complexity index is 543. The number of benzene rings is 1. The monoisotopic (exact) mass is 231 g/mol. The molecule has 0 aliphatic rings. The number of hydrogen-bond donors (Lipinski definition) is 0. The molecule has 0 saturated heterocycles. The molecule has 3 heteroatoms. The number of nitrogens with zero attached hydrogens (tertiary/aromatic N) is 1. The Morgan fingerprint density at radius 1 is 1.19 bits per heavy atom. The minimum atomic E-state index is 0.512. The zero-order chi connectivity index (χ0) is 11.7. The van der Waals surface area contributed by atoms with Gasteiger partial charge in [0.2, 0.25) is 0 Å². The number of aromatic nitrogens is 1. The van der Waals surface area contributed by atoms with E-state index in [0.29, 0.717) is 5.69 Å². The fraction of sp³-hybridized carbons (Fsp3) is 0.231. The molecular formula is C13H13NOS. The lowest BCUT2D eigenvalue weighted by Gasteiger charge is -2.08. The molecule has 0 bridgehead atoms. The van der Waals surface area contributed by atoms with Gasteiger partial charge in [0, 0.05) is 10.9 Å². The summed E-state index contributed by atoms with van der Waals surface area (Å²) >= 11 is 1.51. The SMILES string of the molecule is Cc1ccc(-c2nc(C=O)cs2)c(C)c1C. The highest BCUT2D eigenvalue weighted by molar-refractivity contribution is 7.13. The van der Waals surface area contributed by atoms with E-state index < -0.39 is 0 Å². The van der Waals surface area contributed by atoms with E-state index in [0.717, 1.165) is 16.9 Å². The van der Waals surface area contributed by atoms with Crippen LogP contribution in [0.5, 0.6) is 0 Å². The zero-order valence-electron chi connectivity index (χ0n) is 9.57. The largest absolute Gasteiger partial charge is 0.296 e. The van der Waals surface area contributed by atoms with Gasteiger partial charge in [-0.1, -0.05) is 12.1 Å². The Morgan fingerprint density at radius 3 is 2.56 bits per heavy atom. The first-order valence-electron chi connectivity index (χ1n) is 5.11. The Morgan fingerprint density at radius 2 is 1.94 bits per heavy atom. The van der Waals surface area contributed by atoms with Crippen LogP contribution >= 0.6 is 11.3 Å². The van der Waals surface area contributed by atoms with E-state index in [9.17, 15) is 4.79 Å². The Balaban J connectivity index is 2.56. The van der Waals surface area contributed by atoms with Crippen LogP contribution in [0.4, 0.5) is 0 Å². The van der Waals surface area contributed by atoms with Gasteiger partial charge in [0.1, 0.15) is 10.7 Å². The number of carbonyl (C=O) groups excluding carboxylic acids is 1. The highest BCUT2D eigenvalue weighted by Crippen LogP contribution is 2.29. The molecule has 0 aliphatic carbocycles. The molecule has 82 valence electrons. The number of aryl methyl sites for hydroxylation is 1. The maximum Gasteiger partial charge on any atom is 0.169 e. The van der Waals surface area contributed by atoms with Crippen molar-refractivity contribution in [1.29, 1.82) is 0 Å². The molecule has 2 rings (SSSR count). The molecule has 1 aromatic heterocycles. The summed E-state index contributed by atoms with van der Waals surface area (Å²) in [5, 5.41) is 2.71. The minimum absolute atomic E-state index is 0.512. The van der Waals surface area contributed by atoms with Crippen molar-refractivity contribution in [2.75, 3.05) is 0 Å². The first-order valence-corrected chi connectivity index (χ1v) is 5.99. The Hall–Kier alpha value is -1.48. The Labute approximate surface area is 99.0 Å². The lowest BCUT2D eigenvalue weighted by molar-refractivity contribution is 0.111. The summed E-state index contributed by atoms with van der Waals surface area (Å²) in [6.07, 6.45) is 0.788. The van der Waals surface area contributed by atoms with Crippen LogP contribution in [0.25, 0.3) is 10.6 Å². The van der Waals surface area contributed by atoms with Crippen molar-refractivity contribution in [2.45, 2.75) is 20.8 Å². The van der Waals surface area contributed by atoms with Crippen LogP contribution in [0.3, 0.4) is 0 Å². The van der Waals surface area contributed by atoms with Crippen LogP contribution in [0.15, 0.2) is 17.5 Å². The minimum Gasteiger partial charge on any atom is -0.296 e. The topological polar surface area (TPSA) is 30.0 Å². The second-order valence-corrected chi connectivity index (χ2v) is 4.73. The fourth-order valence-electron chi connectivity index (χ4n) is 1.65. The van der Waals surface area contributed by atoms with Crippen molar-refractivity contribution < 1.29 is 4.79 Å². The highest BCUT2D eigenvalue weighted by atomic mass is 32.1. The van der Waals surface area contributed by atoms with Crippen molar-refractivity contribution in [1.82, 2.24) is 4.98 Å². The molecule has 0 unspecified atom stereocenters. The van der Waals surface area contributed by atoms with Crippen LogP contribution in [0.1, 0.15) is 27.2 Å². The molecule has 0 atom stereocenters. The van der Waals surface area contributed by atoms with E-state index in [4.69, 9.17) is 0 Å². The van der Waals surface area contributed by atoms with E-state index in [2.05, 4.69) is 37.9 Å². The van der Waals surface area contributed by atoms with Crippen LogP contribution in [0, 0.1) is 20.8 Å². The molecule has 1 aromatic carbocycles. The zero-order valence-corrected chi connectivity index (χ0v) is 10.4. The molecule has 2 nitrogen and oxygen atoms in total. The molecule has 0 N–H and O–H groups in total. The highest BCUT2D eigenvalue weighted by Gasteiger charge is 2.09. The number of carbonyl (C=O) groups is 1. The predicted octanol–water partition coefficient (Wildman–Crippen LogP) is 3.55. The summed E-state index contributed by atoms with van der Waals surface area (Å²) in [5.74, 6) is 0. The third kappa shape index (κ3) is 1.78. The Kier molecular flexibility index (Phi) is 2.88. The van der Waals surface area contributed by atoms with E-state index in [1.807, 2.05) is 0 Å². The molecule has 1 heterocycles. The smallest absolute Gasteiger partial charge is 0.169 e. The van der Waals surface area contributed by atoms with Gasteiger partial charge in [0.15, 0.2) is 6.29 Å². The summed E-state index contributed by atoms with van der Waals surface area (Å²) < 4.78 is 0. The second-order valence-electron chi connectivity index (χ2n) is 3.88. The van der Waals surface area contributed by atoms with Crippen molar-refractivity contribution >= 4 is 17.6 Å². The van der Waals surface area contributed by atoms with E-state index in [1.54, 1.807) is 5.38 Å². The number of rotatable bonds is 2. The molecule has 0 spiro atoms. The van der Waals surface area contributed by atoms with Gasteiger partial charge in [-0.25, -0.2) is 4.98 Å². The lowest BCUT2D eigenvalue weighted by atomic mass is 9.99. The first kappa shape index (κ1) is 11.0. The van der Waals surface area contributed by atoms with Gasteiger partial charge >= 0.3 is 0 Å². The fourth-order valence-corrected chi connectivity index (χ4v) is 2.50. The molecule has 0 aliphatic heterocycles. The number of aldehydes is 1. The average molecular weight is 231 g/mol. The van der Waals surface area contributed by atoms with Gasteiger partial charge < -0.3 is 0 Å². The summed E-state index contributed by atoms with van der Waals surface area (Å²) in [6.45, 7) is 6.31. The predicted molar refractivity (Wildman–Crippen MR) is 67.1 cm³/mol. The first-order chi connectivity index (χ1) is 7.63. The molecule has 2 aromatic rings. The standard InChI is InChI=1S/C13H13NOS/c1-8-4-5-12(10(3)9(8)2)13-14-11(6-15)7-16-13/h4-7H,1-3H3. The summed E-state index contributed by atoms with van der Waals surface area (Å²) in [4.78, 5) is 14.9. The summed E-state index contributed by atoms with van der Waals surface area (Å²) in [7, 11) is 0. The van der Waals surface area contributed by atoms with Crippen molar-refractivity contribution in [3.63, 3.8) is 0 Å². The van der Waals surface area contributed by atoms with Crippen molar-refractivity contribution in [2.24, 2.45) is 0 Å². The quantitative estimate of drug-likeness (QED) is 0.740. The van der Waals surface area contributed by atoms with Crippen molar-refractivity contribution in [3.05, 3.63) is 39.9 Å². The molecule has 0 saturated carbocycles. The van der Waals surface area contributed by atoms with Gasteiger partial charge in [-0.05, 0) is 37.5 Å². The third-order valence-electron chi connectivity index (χ3n) is 2.93. The second kappa shape index (κ2) is 4.18. The summed E-state index contributed by atoms with van der Waals surface area (Å²) in [6, 6.07) is 4.17. The van der Waals surface area contributed by atoms with E-state index >= 15 is 0 Å². The number of hydrogen-bond acceptors (Lipinski definition) is 3. The van der Waals surface area contributed by atoms with Crippen molar-refractivity contribution in [3.8, 4) is 10.6 Å². The molecule has 16 heavy (non-hydrogen) atoms. The molecule has 0 fully saturated rings. The van der Waals surface area contributed by atoms with Crippen LogP contribution in [-0.4, -0.2) is 11.3 Å². The maximum atomic E-state index is 10.6. The van der Waals surface area contributed by atoms with Gasteiger partial charge in [-0.2, -0.15) is 0 Å². The van der Waals surface area contributed by atoms with Crippen LogP contribution < -0.4 is 0 Å². The normalized spacial score (nSPS) is 10.4.